The summed E-state index contributed by atoms with van der Waals surface area (Å²) in [5.41, 5.74) is 4.31. The van der Waals surface area contributed by atoms with Crippen molar-refractivity contribution in [3.05, 3.63) is 54.5 Å². The lowest BCUT2D eigenvalue weighted by molar-refractivity contribution is 0.562. The van der Waals surface area contributed by atoms with Gasteiger partial charge in [-0.25, -0.2) is 10.4 Å². The van der Waals surface area contributed by atoms with Gasteiger partial charge in [-0.1, -0.05) is 12.1 Å². The fourth-order valence-electron chi connectivity index (χ4n) is 2.08. The van der Waals surface area contributed by atoms with Crippen LogP contribution in [0.3, 0.4) is 0 Å². The first-order chi connectivity index (χ1) is 8.84. The topological polar surface area (TPSA) is 53.1 Å². The van der Waals surface area contributed by atoms with Crippen molar-refractivity contribution < 1.29 is 0 Å². The van der Waals surface area contributed by atoms with Crippen LogP contribution in [-0.4, -0.2) is 16.1 Å². The molecule has 2 unspecified atom stereocenters. The lowest BCUT2D eigenvalue weighted by Crippen LogP contribution is -2.36. The molecule has 0 aromatic carbocycles. The molecule has 2 atom stereocenters. The summed E-state index contributed by atoms with van der Waals surface area (Å²) in [6.45, 7) is 2.07. The molecule has 18 heavy (non-hydrogen) atoms. The van der Waals surface area contributed by atoms with Gasteiger partial charge in [0.15, 0.2) is 0 Å². The Morgan fingerprint density at radius 2 is 1.83 bits per heavy atom. The Morgan fingerprint density at radius 1 is 1.06 bits per heavy atom. The Bertz CT molecular complexity index is 454. The molecule has 2 aromatic rings. The second-order valence-corrected chi connectivity index (χ2v) is 4.23. The van der Waals surface area contributed by atoms with E-state index in [1.807, 2.05) is 41.4 Å². The maximum absolute atomic E-state index is 4.40. The second-order valence-electron chi connectivity index (χ2n) is 4.23. The van der Waals surface area contributed by atoms with E-state index in [4.69, 9.17) is 0 Å². The Hall–Kier alpha value is -1.98. The van der Waals surface area contributed by atoms with E-state index >= 15 is 0 Å². The molecule has 1 fully saturated rings. The van der Waals surface area contributed by atoms with Crippen LogP contribution >= 0.6 is 0 Å². The lowest BCUT2D eigenvalue weighted by Gasteiger charge is -2.23. The number of anilines is 1. The number of nitrogens with zero attached hydrogens (tertiary/aromatic N) is 3. The summed E-state index contributed by atoms with van der Waals surface area (Å²) in [6.07, 6.45) is 3.77. The second kappa shape index (κ2) is 4.72. The zero-order valence-corrected chi connectivity index (χ0v) is 10.1. The van der Waals surface area contributed by atoms with Crippen molar-refractivity contribution in [3.63, 3.8) is 0 Å². The lowest BCUT2D eigenvalue weighted by atomic mass is 10.3. The molecule has 0 bridgehead atoms. The van der Waals surface area contributed by atoms with E-state index in [2.05, 4.69) is 27.6 Å². The highest BCUT2D eigenvalue weighted by molar-refractivity contribution is 5.40. The van der Waals surface area contributed by atoms with Crippen molar-refractivity contribution in [2.75, 3.05) is 5.01 Å². The summed E-state index contributed by atoms with van der Waals surface area (Å²) in [5.74, 6) is 0.880. The van der Waals surface area contributed by atoms with Crippen LogP contribution < -0.4 is 15.8 Å². The minimum atomic E-state index is -0.00361. The van der Waals surface area contributed by atoms with E-state index in [0.29, 0.717) is 0 Å². The molecular formula is C13H15N5. The van der Waals surface area contributed by atoms with Crippen molar-refractivity contribution in [2.45, 2.75) is 19.3 Å². The summed E-state index contributed by atoms with van der Waals surface area (Å²) >= 11 is 0. The SMILES string of the molecule is CC1NC(c2ccccn2)N(c2ccccn2)N1. The fourth-order valence-corrected chi connectivity index (χ4v) is 2.08. The van der Waals surface area contributed by atoms with Crippen LogP contribution in [0.5, 0.6) is 0 Å². The zero-order valence-electron chi connectivity index (χ0n) is 10.1. The third-order valence-electron chi connectivity index (χ3n) is 2.86. The van der Waals surface area contributed by atoms with Gasteiger partial charge in [0.05, 0.1) is 11.9 Å². The van der Waals surface area contributed by atoms with Gasteiger partial charge in [0.1, 0.15) is 12.0 Å². The number of hydrogen-bond acceptors (Lipinski definition) is 5. The van der Waals surface area contributed by atoms with Gasteiger partial charge < -0.3 is 0 Å². The quantitative estimate of drug-likeness (QED) is 0.833. The molecule has 92 valence electrons. The van der Waals surface area contributed by atoms with Crippen LogP contribution in [0, 0.1) is 0 Å². The fraction of sp³-hybridized carbons (Fsp3) is 0.231. The molecule has 3 rings (SSSR count). The van der Waals surface area contributed by atoms with Gasteiger partial charge in [-0.2, -0.15) is 0 Å². The minimum Gasteiger partial charge on any atom is -0.274 e. The first-order valence-electron chi connectivity index (χ1n) is 5.98. The average Bonchev–Trinajstić information content (AvgIpc) is 2.83. The van der Waals surface area contributed by atoms with E-state index in [-0.39, 0.29) is 12.3 Å². The number of hydrogen-bond donors (Lipinski definition) is 2. The number of hydrazine groups is 1. The van der Waals surface area contributed by atoms with Crippen molar-refractivity contribution >= 4 is 5.82 Å². The summed E-state index contributed by atoms with van der Waals surface area (Å²) in [4.78, 5) is 8.77. The van der Waals surface area contributed by atoms with Crippen LogP contribution in [0.4, 0.5) is 5.82 Å². The van der Waals surface area contributed by atoms with Gasteiger partial charge in [0.25, 0.3) is 0 Å². The van der Waals surface area contributed by atoms with Gasteiger partial charge in [-0.15, -0.1) is 0 Å². The molecule has 2 aromatic heterocycles. The summed E-state index contributed by atoms with van der Waals surface area (Å²) in [6, 6.07) is 11.8. The standard InChI is InChI=1S/C13H15N5/c1-10-16-13(11-6-2-4-8-14-11)18(17-10)12-7-3-5-9-15-12/h2-10,13,16-17H,1H3. The Balaban J connectivity index is 1.93. The van der Waals surface area contributed by atoms with Crippen LogP contribution in [0.1, 0.15) is 18.8 Å². The molecule has 0 aliphatic carbocycles. The van der Waals surface area contributed by atoms with Crippen molar-refractivity contribution in [1.82, 2.24) is 20.7 Å². The van der Waals surface area contributed by atoms with Crippen molar-refractivity contribution in [2.24, 2.45) is 0 Å². The maximum Gasteiger partial charge on any atom is 0.144 e. The maximum atomic E-state index is 4.40. The molecule has 1 saturated heterocycles. The van der Waals surface area contributed by atoms with Crippen molar-refractivity contribution in [1.29, 1.82) is 0 Å². The molecule has 2 N–H and O–H groups in total. The molecule has 0 spiro atoms. The number of pyridine rings is 2. The Morgan fingerprint density at radius 3 is 2.50 bits per heavy atom. The molecule has 1 aliphatic heterocycles. The van der Waals surface area contributed by atoms with Gasteiger partial charge in [0, 0.05) is 12.4 Å². The van der Waals surface area contributed by atoms with E-state index in [1.54, 1.807) is 12.4 Å². The third-order valence-corrected chi connectivity index (χ3v) is 2.86. The van der Waals surface area contributed by atoms with Gasteiger partial charge >= 0.3 is 0 Å². The molecule has 0 saturated carbocycles. The van der Waals surface area contributed by atoms with Crippen LogP contribution in [-0.2, 0) is 0 Å². The highest BCUT2D eigenvalue weighted by Gasteiger charge is 2.31. The normalized spacial score (nSPS) is 23.3. The number of nitrogens with one attached hydrogen (secondary N) is 2. The smallest absolute Gasteiger partial charge is 0.144 e. The van der Waals surface area contributed by atoms with E-state index < -0.39 is 0 Å². The summed E-state index contributed by atoms with van der Waals surface area (Å²) in [7, 11) is 0. The van der Waals surface area contributed by atoms with Gasteiger partial charge in [-0.3, -0.25) is 15.3 Å². The molecule has 5 nitrogen and oxygen atoms in total. The van der Waals surface area contributed by atoms with Crippen LogP contribution in [0.2, 0.25) is 0 Å². The zero-order chi connectivity index (χ0) is 12.4. The monoisotopic (exact) mass is 241 g/mol. The third kappa shape index (κ3) is 2.05. The molecule has 5 heteroatoms. The minimum absolute atomic E-state index is 0.00361. The van der Waals surface area contributed by atoms with Crippen LogP contribution in [0.25, 0.3) is 0 Å². The number of rotatable bonds is 2. The van der Waals surface area contributed by atoms with Gasteiger partial charge in [-0.05, 0) is 31.2 Å². The molecule has 1 aliphatic rings. The Labute approximate surface area is 106 Å². The largest absolute Gasteiger partial charge is 0.274 e. The van der Waals surface area contributed by atoms with Gasteiger partial charge in [0.2, 0.25) is 0 Å². The highest BCUT2D eigenvalue weighted by Crippen LogP contribution is 2.24. The first kappa shape index (κ1) is 11.1. The summed E-state index contributed by atoms with van der Waals surface area (Å²) in [5, 5.41) is 5.44. The highest BCUT2D eigenvalue weighted by atomic mass is 15.7. The van der Waals surface area contributed by atoms with E-state index in [0.717, 1.165) is 11.5 Å². The van der Waals surface area contributed by atoms with Crippen molar-refractivity contribution in [3.8, 4) is 0 Å². The summed E-state index contributed by atoms with van der Waals surface area (Å²) < 4.78 is 0. The molecule has 0 radical (unpaired) electrons. The van der Waals surface area contributed by atoms with E-state index in [9.17, 15) is 0 Å². The predicted octanol–water partition coefficient (Wildman–Crippen LogP) is 1.44. The Kier molecular flexibility index (Phi) is 2.92. The molecule has 3 heterocycles. The molecule has 0 amide bonds. The van der Waals surface area contributed by atoms with Crippen LogP contribution in [0.15, 0.2) is 48.8 Å². The van der Waals surface area contributed by atoms with E-state index in [1.165, 1.54) is 0 Å². The molecular weight excluding hydrogens is 226 g/mol. The predicted molar refractivity (Wildman–Crippen MR) is 69.4 cm³/mol. The average molecular weight is 241 g/mol. The first-order valence-corrected chi connectivity index (χ1v) is 5.98. The number of aromatic nitrogens is 2.